The van der Waals surface area contributed by atoms with Gasteiger partial charge >= 0.3 is 0 Å². The average molecular weight is 452 g/mol. The molecule has 0 bridgehead atoms. The molecule has 3 heterocycles. The van der Waals surface area contributed by atoms with E-state index >= 15 is 0 Å². The maximum atomic E-state index is 14.2. The molecule has 0 aliphatic carbocycles. The molecule has 1 aliphatic rings. The molecule has 0 saturated carbocycles. The van der Waals surface area contributed by atoms with Crippen LogP contribution in [0.1, 0.15) is 49.3 Å². The zero-order valence-corrected chi connectivity index (χ0v) is 19.6. The van der Waals surface area contributed by atoms with Crippen LogP contribution in [0, 0.1) is 0 Å². The van der Waals surface area contributed by atoms with Gasteiger partial charge in [-0.05, 0) is 58.7 Å². The molecule has 0 spiro atoms. The number of morpholine rings is 1. The quantitative estimate of drug-likeness (QED) is 0.502. The minimum Gasteiger partial charge on any atom is -0.378 e. The lowest BCUT2D eigenvalue weighted by Crippen LogP contribution is -2.36. The second kappa shape index (κ2) is 10.5. The molecule has 3 rings (SSSR count). The Morgan fingerprint density at radius 3 is 2.64 bits per heavy atom. The number of aromatic nitrogens is 2. The molecule has 1 aliphatic heterocycles. The fourth-order valence-corrected chi connectivity index (χ4v) is 3.45. The minimum absolute atomic E-state index is 0.204. The van der Waals surface area contributed by atoms with Crippen LogP contribution in [0.4, 0.5) is 10.1 Å². The van der Waals surface area contributed by atoms with E-state index in [1.54, 1.807) is 19.2 Å². The molecule has 0 unspecified atom stereocenters. The highest BCUT2D eigenvalue weighted by atomic mass is 19.1. The van der Waals surface area contributed by atoms with Crippen LogP contribution in [0.2, 0.25) is 0 Å². The number of anilines is 1. The fraction of sp³-hybridized carbons (Fsp3) is 0.360. The van der Waals surface area contributed by atoms with Gasteiger partial charge in [-0.3, -0.25) is 19.8 Å². The van der Waals surface area contributed by atoms with Gasteiger partial charge in [-0.2, -0.15) is 0 Å². The Kier molecular flexibility index (Phi) is 7.71. The van der Waals surface area contributed by atoms with Gasteiger partial charge in [0, 0.05) is 53.6 Å². The van der Waals surface area contributed by atoms with Crippen LogP contribution in [0.15, 0.2) is 59.3 Å². The SMILES string of the molecule is C=N/C(C)=C(\C=C(/C)NC(=O)c1ccnc(C(C)(C)F)c1)c1cncc(N2CCOCC2)c1. The molecule has 0 radical (unpaired) electrons. The van der Waals surface area contributed by atoms with Crippen LogP contribution in [-0.2, 0) is 10.4 Å². The van der Waals surface area contributed by atoms with Gasteiger partial charge in [0.2, 0.25) is 0 Å². The number of carbonyl (C=O) groups is 1. The molecule has 2 aromatic rings. The lowest BCUT2D eigenvalue weighted by atomic mass is 10.0. The smallest absolute Gasteiger partial charge is 0.255 e. The maximum absolute atomic E-state index is 14.2. The first-order valence-electron chi connectivity index (χ1n) is 10.8. The van der Waals surface area contributed by atoms with Crippen LogP contribution in [0.5, 0.6) is 0 Å². The number of nitrogens with zero attached hydrogens (tertiary/aromatic N) is 4. The number of pyridine rings is 2. The van der Waals surface area contributed by atoms with E-state index in [1.807, 2.05) is 25.3 Å². The molecule has 2 aromatic heterocycles. The van der Waals surface area contributed by atoms with E-state index in [1.165, 1.54) is 26.1 Å². The second-order valence-electron chi connectivity index (χ2n) is 8.37. The molecule has 1 saturated heterocycles. The summed E-state index contributed by atoms with van der Waals surface area (Å²) in [6.07, 6.45) is 6.86. The predicted octanol–water partition coefficient (Wildman–Crippen LogP) is 4.28. The topological polar surface area (TPSA) is 79.7 Å². The van der Waals surface area contributed by atoms with Crippen molar-refractivity contribution in [2.24, 2.45) is 4.99 Å². The van der Waals surface area contributed by atoms with Crippen molar-refractivity contribution < 1.29 is 13.9 Å². The Balaban J connectivity index is 1.85. The third-order valence-electron chi connectivity index (χ3n) is 5.34. The van der Waals surface area contributed by atoms with Gasteiger partial charge in [0.25, 0.3) is 5.91 Å². The van der Waals surface area contributed by atoms with E-state index in [2.05, 4.69) is 31.9 Å². The largest absolute Gasteiger partial charge is 0.378 e. The number of rotatable bonds is 7. The van der Waals surface area contributed by atoms with Gasteiger partial charge in [-0.1, -0.05) is 0 Å². The summed E-state index contributed by atoms with van der Waals surface area (Å²) in [5.41, 5.74) is 2.87. The molecule has 7 nitrogen and oxygen atoms in total. The normalized spacial score (nSPS) is 15.7. The van der Waals surface area contributed by atoms with E-state index in [4.69, 9.17) is 4.74 Å². The maximum Gasteiger partial charge on any atom is 0.255 e. The molecule has 1 N–H and O–H groups in total. The van der Waals surface area contributed by atoms with E-state index < -0.39 is 5.67 Å². The first-order valence-corrected chi connectivity index (χ1v) is 10.8. The van der Waals surface area contributed by atoms with Gasteiger partial charge in [0.1, 0.15) is 5.67 Å². The molecule has 8 heteroatoms. The number of halogens is 1. The van der Waals surface area contributed by atoms with Crippen molar-refractivity contribution in [3.63, 3.8) is 0 Å². The zero-order valence-electron chi connectivity index (χ0n) is 19.6. The lowest BCUT2D eigenvalue weighted by Gasteiger charge is -2.28. The Labute approximate surface area is 194 Å². The number of carbonyl (C=O) groups excluding carboxylic acids is 1. The molecule has 174 valence electrons. The highest BCUT2D eigenvalue weighted by Crippen LogP contribution is 2.26. The minimum atomic E-state index is -1.64. The summed E-state index contributed by atoms with van der Waals surface area (Å²) >= 11 is 0. The third kappa shape index (κ3) is 6.32. The van der Waals surface area contributed by atoms with Gasteiger partial charge in [0.15, 0.2) is 0 Å². The number of allylic oxidation sites excluding steroid dienone is 4. The summed E-state index contributed by atoms with van der Waals surface area (Å²) < 4.78 is 19.7. The Morgan fingerprint density at radius 1 is 1.24 bits per heavy atom. The molecule has 33 heavy (non-hydrogen) atoms. The number of aliphatic imine (C=N–C) groups is 1. The van der Waals surface area contributed by atoms with Crippen LogP contribution < -0.4 is 10.2 Å². The molecule has 1 fully saturated rings. The summed E-state index contributed by atoms with van der Waals surface area (Å²) in [6.45, 7) is 13.1. The van der Waals surface area contributed by atoms with Crippen LogP contribution in [0.25, 0.3) is 5.57 Å². The summed E-state index contributed by atoms with van der Waals surface area (Å²) in [5.74, 6) is -0.347. The first-order chi connectivity index (χ1) is 15.7. The van der Waals surface area contributed by atoms with Crippen molar-refractivity contribution in [1.29, 1.82) is 0 Å². The summed E-state index contributed by atoms with van der Waals surface area (Å²) in [7, 11) is 0. The number of amides is 1. The van der Waals surface area contributed by atoms with Gasteiger partial charge in [-0.25, -0.2) is 4.39 Å². The number of ether oxygens (including phenoxy) is 1. The average Bonchev–Trinajstić information content (AvgIpc) is 2.82. The van der Waals surface area contributed by atoms with Crippen molar-refractivity contribution in [3.05, 3.63) is 71.1 Å². The van der Waals surface area contributed by atoms with Crippen molar-refractivity contribution in [2.45, 2.75) is 33.4 Å². The Bertz CT molecular complexity index is 1080. The standard InChI is InChI=1S/C25H30FN5O2/c1-17(30-24(32)19-6-7-29-23(14-19)25(3,4)26)12-22(18(2)27-5)20-13-21(16-28-15-20)31-8-10-33-11-9-31/h6-7,12-16H,5,8-11H2,1-4H3,(H,30,32)/b17-12+,22-18+. The van der Waals surface area contributed by atoms with E-state index in [0.29, 0.717) is 30.2 Å². The van der Waals surface area contributed by atoms with Gasteiger partial charge in [0.05, 0.1) is 30.8 Å². The van der Waals surface area contributed by atoms with E-state index in [9.17, 15) is 9.18 Å². The summed E-state index contributed by atoms with van der Waals surface area (Å²) in [4.78, 5) is 27.5. The third-order valence-corrected chi connectivity index (χ3v) is 5.34. The molecule has 0 aromatic carbocycles. The summed E-state index contributed by atoms with van der Waals surface area (Å²) in [5, 5.41) is 2.86. The van der Waals surface area contributed by atoms with Crippen molar-refractivity contribution in [1.82, 2.24) is 15.3 Å². The Morgan fingerprint density at radius 2 is 1.97 bits per heavy atom. The van der Waals surface area contributed by atoms with Crippen LogP contribution >= 0.6 is 0 Å². The molecule has 1 amide bonds. The van der Waals surface area contributed by atoms with Gasteiger partial charge in [-0.15, -0.1) is 0 Å². The van der Waals surface area contributed by atoms with Gasteiger partial charge < -0.3 is 15.0 Å². The predicted molar refractivity (Wildman–Crippen MR) is 129 cm³/mol. The monoisotopic (exact) mass is 451 g/mol. The fourth-order valence-electron chi connectivity index (χ4n) is 3.45. The van der Waals surface area contributed by atoms with E-state index in [-0.39, 0.29) is 11.6 Å². The number of hydrogen-bond donors (Lipinski definition) is 1. The highest BCUT2D eigenvalue weighted by molar-refractivity contribution is 5.95. The second-order valence-corrected chi connectivity index (χ2v) is 8.37. The molecule has 0 atom stereocenters. The molecular formula is C25H30FN5O2. The zero-order chi connectivity index (χ0) is 24.0. The lowest BCUT2D eigenvalue weighted by molar-refractivity contribution is 0.0965. The van der Waals surface area contributed by atoms with E-state index in [0.717, 1.165) is 29.9 Å². The van der Waals surface area contributed by atoms with Crippen molar-refractivity contribution >= 4 is 23.9 Å². The van der Waals surface area contributed by atoms with Crippen molar-refractivity contribution in [2.75, 3.05) is 31.2 Å². The van der Waals surface area contributed by atoms with Crippen LogP contribution in [0.3, 0.4) is 0 Å². The number of hydrogen-bond acceptors (Lipinski definition) is 6. The molecular weight excluding hydrogens is 421 g/mol. The highest BCUT2D eigenvalue weighted by Gasteiger charge is 2.22. The number of alkyl halides is 1. The first kappa shape index (κ1) is 24.3. The number of nitrogens with one attached hydrogen (secondary N) is 1. The summed E-state index contributed by atoms with van der Waals surface area (Å²) in [6, 6.07) is 5.07. The Hall–Kier alpha value is -3.39. The van der Waals surface area contributed by atoms with Crippen LogP contribution in [-0.4, -0.2) is 48.9 Å². The van der Waals surface area contributed by atoms with Crippen molar-refractivity contribution in [3.8, 4) is 0 Å².